The number of carbonyl (C=O) groups excluding carboxylic acids is 1. The van der Waals surface area contributed by atoms with Gasteiger partial charge in [-0.25, -0.2) is 14.2 Å². The van der Waals surface area contributed by atoms with E-state index in [4.69, 9.17) is 0 Å². The van der Waals surface area contributed by atoms with E-state index >= 15 is 0 Å². The van der Waals surface area contributed by atoms with Crippen LogP contribution in [0.25, 0.3) is 16.5 Å². The Hall–Kier alpha value is -3.68. The molecule has 37 heavy (non-hydrogen) atoms. The molecule has 4 saturated carbocycles. The second kappa shape index (κ2) is 8.43. The van der Waals surface area contributed by atoms with Crippen molar-refractivity contribution in [1.82, 2.24) is 14.5 Å². The summed E-state index contributed by atoms with van der Waals surface area (Å²) in [5, 5.41) is 14.4. The van der Waals surface area contributed by atoms with Crippen LogP contribution in [0.3, 0.4) is 0 Å². The Kier molecular flexibility index (Phi) is 5.40. The molecule has 0 radical (unpaired) electrons. The van der Waals surface area contributed by atoms with Crippen LogP contribution in [0.4, 0.5) is 0 Å². The summed E-state index contributed by atoms with van der Waals surface area (Å²) in [7, 11) is 1.58. The molecule has 4 aliphatic rings. The van der Waals surface area contributed by atoms with Crippen molar-refractivity contribution in [3.8, 4) is 5.69 Å². The highest BCUT2D eigenvalue weighted by Gasteiger charge is 2.60. The number of amides is 1. The molecule has 1 amide bonds. The van der Waals surface area contributed by atoms with Gasteiger partial charge in [-0.1, -0.05) is 36.8 Å². The zero-order valence-corrected chi connectivity index (χ0v) is 20.9. The molecule has 4 aliphatic carbocycles. The van der Waals surface area contributed by atoms with Gasteiger partial charge in [-0.05, 0) is 66.9 Å². The Bertz CT molecular complexity index is 1540. The van der Waals surface area contributed by atoms with E-state index in [1.807, 2.05) is 18.2 Å². The number of nitrogens with one attached hydrogen (secondary N) is 1. The van der Waals surface area contributed by atoms with Gasteiger partial charge in [0.25, 0.3) is 5.56 Å². The molecular weight excluding hydrogens is 470 g/mol. The van der Waals surface area contributed by atoms with Gasteiger partial charge in [-0.15, -0.1) is 0 Å². The summed E-state index contributed by atoms with van der Waals surface area (Å²) < 4.78 is 2.46. The number of hydrogen-bond donors (Lipinski definition) is 2. The summed E-state index contributed by atoms with van der Waals surface area (Å²) in [5.41, 5.74) is 0.137. The third-order valence-corrected chi connectivity index (χ3v) is 9.09. The fourth-order valence-corrected chi connectivity index (χ4v) is 7.62. The molecule has 0 unspecified atom stereocenters. The SMILES string of the molecule is Cn1ccc(=O)n(-c2cccc3c(C[C@H](NC(=O)[C@@]45CCCC6(CC(C6)C4)C5)C(=O)O)cccc23)c1=O. The number of benzene rings is 2. The highest BCUT2D eigenvalue weighted by atomic mass is 16.4. The third kappa shape index (κ3) is 3.81. The predicted octanol–water partition coefficient (Wildman–Crippen LogP) is 3.16. The lowest BCUT2D eigenvalue weighted by Crippen LogP contribution is -2.59. The number of carboxylic acid groups (broad SMARTS) is 1. The second-order valence-corrected chi connectivity index (χ2v) is 11.5. The summed E-state index contributed by atoms with van der Waals surface area (Å²) in [6.45, 7) is 0. The molecule has 4 fully saturated rings. The van der Waals surface area contributed by atoms with E-state index in [2.05, 4.69) is 5.32 Å². The van der Waals surface area contributed by atoms with Crippen molar-refractivity contribution in [3.05, 3.63) is 75.1 Å². The van der Waals surface area contributed by atoms with E-state index in [9.17, 15) is 24.3 Å². The first-order valence-electron chi connectivity index (χ1n) is 13.0. The largest absolute Gasteiger partial charge is 0.480 e. The van der Waals surface area contributed by atoms with Crippen molar-refractivity contribution in [2.75, 3.05) is 0 Å². The highest BCUT2D eigenvalue weighted by molar-refractivity contribution is 5.93. The van der Waals surface area contributed by atoms with Gasteiger partial charge in [0.15, 0.2) is 0 Å². The number of aryl methyl sites for hydroxylation is 1. The average molecular weight is 502 g/mol. The van der Waals surface area contributed by atoms with Gasteiger partial charge in [-0.3, -0.25) is 9.59 Å². The number of carbonyl (C=O) groups is 2. The molecule has 8 nitrogen and oxygen atoms in total. The zero-order valence-electron chi connectivity index (χ0n) is 20.9. The number of rotatable bonds is 6. The van der Waals surface area contributed by atoms with Crippen LogP contribution < -0.4 is 16.6 Å². The molecule has 3 aromatic rings. The van der Waals surface area contributed by atoms with Gasteiger partial charge in [0.05, 0.1) is 5.69 Å². The van der Waals surface area contributed by atoms with Crippen LogP contribution >= 0.6 is 0 Å². The molecule has 8 heteroatoms. The predicted molar refractivity (Wildman–Crippen MR) is 139 cm³/mol. The molecule has 2 aromatic carbocycles. The van der Waals surface area contributed by atoms with Crippen LogP contribution in [-0.2, 0) is 23.1 Å². The summed E-state index contributed by atoms with van der Waals surface area (Å²) >= 11 is 0. The first kappa shape index (κ1) is 23.7. The number of aliphatic carboxylic acids is 1. The van der Waals surface area contributed by atoms with E-state index < -0.39 is 28.7 Å². The van der Waals surface area contributed by atoms with Gasteiger partial charge in [-0.2, -0.15) is 0 Å². The third-order valence-electron chi connectivity index (χ3n) is 9.09. The lowest BCUT2D eigenvalue weighted by atomic mass is 9.42. The number of carboxylic acids is 1. The normalized spacial score (nSPS) is 26.8. The molecule has 7 rings (SSSR count). The number of nitrogens with zero attached hydrogens (tertiary/aromatic N) is 2. The first-order chi connectivity index (χ1) is 17.7. The van der Waals surface area contributed by atoms with Gasteiger partial charge in [0, 0.05) is 36.5 Å². The molecule has 2 N–H and O–H groups in total. The molecular formula is C29H31N3O5. The first-order valence-corrected chi connectivity index (χ1v) is 13.0. The Morgan fingerprint density at radius 1 is 1.05 bits per heavy atom. The minimum atomic E-state index is -1.07. The number of aromatic nitrogens is 2. The van der Waals surface area contributed by atoms with Crippen molar-refractivity contribution >= 4 is 22.6 Å². The Balaban J connectivity index is 1.32. The quantitative estimate of drug-likeness (QED) is 0.539. The minimum Gasteiger partial charge on any atom is -0.480 e. The van der Waals surface area contributed by atoms with Crippen LogP contribution in [0.5, 0.6) is 0 Å². The van der Waals surface area contributed by atoms with E-state index in [1.54, 1.807) is 25.2 Å². The van der Waals surface area contributed by atoms with Crippen LogP contribution in [0.2, 0.25) is 0 Å². The van der Waals surface area contributed by atoms with E-state index in [0.29, 0.717) is 22.4 Å². The maximum absolute atomic E-state index is 13.6. The summed E-state index contributed by atoms with van der Waals surface area (Å²) in [6.07, 6.45) is 8.78. The van der Waals surface area contributed by atoms with Gasteiger partial charge in [0.2, 0.25) is 5.91 Å². The zero-order chi connectivity index (χ0) is 25.9. The monoisotopic (exact) mass is 501 g/mol. The fourth-order valence-electron chi connectivity index (χ4n) is 7.62. The van der Waals surface area contributed by atoms with Crippen molar-refractivity contribution in [2.24, 2.45) is 23.8 Å². The topological polar surface area (TPSA) is 110 Å². The molecule has 0 aliphatic heterocycles. The average Bonchev–Trinajstić information content (AvgIpc) is 2.85. The standard InChI is InChI=1S/C29H31N3O5/c1-31-12-9-24(33)32(27(31)37)23-8-3-6-20-19(5-2-7-21(20)23)13-22(25(34)35)30-26(36)29-11-4-10-28(17-29)14-18(15-28)16-29/h2-3,5-9,12,18,22H,4,10-11,13-17H2,1H3,(H,30,36)(H,34,35)/t18?,22-,28?,29-/m0/s1. The minimum absolute atomic E-state index is 0.105. The van der Waals surface area contributed by atoms with Gasteiger partial charge in [0.1, 0.15) is 6.04 Å². The van der Waals surface area contributed by atoms with Crippen molar-refractivity contribution < 1.29 is 14.7 Å². The van der Waals surface area contributed by atoms with E-state index in [-0.39, 0.29) is 12.3 Å². The summed E-state index contributed by atoms with van der Waals surface area (Å²) in [6, 6.07) is 11.0. The van der Waals surface area contributed by atoms with E-state index in [1.165, 1.54) is 36.1 Å². The van der Waals surface area contributed by atoms with Gasteiger partial charge >= 0.3 is 11.7 Å². The molecule has 3 bridgehead atoms. The van der Waals surface area contributed by atoms with Crippen LogP contribution in [-0.4, -0.2) is 32.2 Å². The molecule has 1 heterocycles. The Morgan fingerprint density at radius 3 is 2.59 bits per heavy atom. The van der Waals surface area contributed by atoms with Gasteiger partial charge < -0.3 is 15.0 Å². The smallest absolute Gasteiger partial charge is 0.335 e. The summed E-state index contributed by atoms with van der Waals surface area (Å²) in [5.74, 6) is -0.597. The highest BCUT2D eigenvalue weighted by Crippen LogP contribution is 2.67. The Morgan fingerprint density at radius 2 is 1.81 bits per heavy atom. The van der Waals surface area contributed by atoms with Crippen molar-refractivity contribution in [1.29, 1.82) is 0 Å². The molecule has 2 atom stereocenters. The van der Waals surface area contributed by atoms with Crippen LogP contribution in [0.1, 0.15) is 50.5 Å². The van der Waals surface area contributed by atoms with Crippen LogP contribution in [0.15, 0.2) is 58.3 Å². The summed E-state index contributed by atoms with van der Waals surface area (Å²) in [4.78, 5) is 51.2. The second-order valence-electron chi connectivity index (χ2n) is 11.5. The maximum atomic E-state index is 13.6. The van der Waals surface area contributed by atoms with Crippen LogP contribution in [0, 0.1) is 16.7 Å². The van der Waals surface area contributed by atoms with E-state index in [0.717, 1.165) is 41.2 Å². The maximum Gasteiger partial charge on any atom is 0.335 e. The van der Waals surface area contributed by atoms with Crippen molar-refractivity contribution in [2.45, 2.75) is 57.4 Å². The molecule has 192 valence electrons. The lowest BCUT2D eigenvalue weighted by molar-refractivity contribution is -0.163. The number of fused-ring (bicyclic) bond motifs is 1. The lowest BCUT2D eigenvalue weighted by Gasteiger charge is -2.62. The molecule has 1 spiro atoms. The molecule has 1 aromatic heterocycles. The Labute approximate surface area is 213 Å². The number of hydrogen-bond acceptors (Lipinski definition) is 4. The van der Waals surface area contributed by atoms with Crippen molar-refractivity contribution in [3.63, 3.8) is 0 Å². The molecule has 0 saturated heterocycles. The fraction of sp³-hybridized carbons (Fsp3) is 0.448.